The van der Waals surface area contributed by atoms with E-state index in [0.29, 0.717) is 39.1 Å². The van der Waals surface area contributed by atoms with Crippen molar-refractivity contribution in [1.82, 2.24) is 13.9 Å². The molecule has 7 heteroatoms. The number of imidazole rings is 1. The number of nitrogens with zero attached hydrogens (tertiary/aromatic N) is 3. The lowest BCUT2D eigenvalue weighted by molar-refractivity contribution is 0.0102. The molecule has 1 fully saturated rings. The van der Waals surface area contributed by atoms with Crippen LogP contribution in [0.3, 0.4) is 0 Å². The first-order valence-electron chi connectivity index (χ1n) is 8.27. The summed E-state index contributed by atoms with van der Waals surface area (Å²) in [4.78, 5) is 4.03. The van der Waals surface area contributed by atoms with Gasteiger partial charge in [-0.1, -0.05) is 30.3 Å². The molecule has 1 aliphatic rings. The fraction of sp³-hybridized carbons (Fsp3) is 0.471. The Labute approximate surface area is 143 Å². The summed E-state index contributed by atoms with van der Waals surface area (Å²) in [6.45, 7) is 4.17. The van der Waals surface area contributed by atoms with Crippen LogP contribution in [0.15, 0.2) is 47.9 Å². The molecule has 130 valence electrons. The van der Waals surface area contributed by atoms with E-state index >= 15 is 0 Å². The highest BCUT2D eigenvalue weighted by Crippen LogP contribution is 2.21. The third kappa shape index (κ3) is 3.85. The number of rotatable bonds is 6. The van der Waals surface area contributed by atoms with E-state index in [2.05, 4.69) is 4.98 Å². The lowest BCUT2D eigenvalue weighted by Crippen LogP contribution is -2.40. The number of piperidine rings is 1. The largest absolute Gasteiger partial charge is 0.373 e. The molecule has 0 aliphatic carbocycles. The van der Waals surface area contributed by atoms with Crippen molar-refractivity contribution in [3.63, 3.8) is 0 Å². The quantitative estimate of drug-likeness (QED) is 0.802. The summed E-state index contributed by atoms with van der Waals surface area (Å²) in [5.41, 5.74) is 1.14. The van der Waals surface area contributed by atoms with Crippen LogP contribution in [-0.2, 0) is 27.9 Å². The van der Waals surface area contributed by atoms with Gasteiger partial charge in [-0.2, -0.15) is 4.31 Å². The lowest BCUT2D eigenvalue weighted by atomic mass is 10.1. The Morgan fingerprint density at radius 3 is 2.54 bits per heavy atom. The maximum atomic E-state index is 12.6. The van der Waals surface area contributed by atoms with E-state index in [9.17, 15) is 8.42 Å². The van der Waals surface area contributed by atoms with Crippen LogP contribution in [0.5, 0.6) is 0 Å². The van der Waals surface area contributed by atoms with Crippen molar-refractivity contribution in [2.45, 2.75) is 44.0 Å². The molecule has 0 saturated carbocycles. The molecule has 2 aromatic rings. The van der Waals surface area contributed by atoms with Crippen molar-refractivity contribution in [1.29, 1.82) is 0 Å². The Morgan fingerprint density at radius 2 is 1.92 bits per heavy atom. The molecule has 6 nitrogen and oxygen atoms in total. The molecule has 1 aromatic carbocycles. The van der Waals surface area contributed by atoms with Crippen molar-refractivity contribution in [3.8, 4) is 0 Å². The highest BCUT2D eigenvalue weighted by molar-refractivity contribution is 7.89. The molecule has 0 bridgehead atoms. The van der Waals surface area contributed by atoms with Crippen LogP contribution in [0, 0.1) is 0 Å². The van der Waals surface area contributed by atoms with Gasteiger partial charge in [0.15, 0.2) is 5.03 Å². The van der Waals surface area contributed by atoms with E-state index in [1.807, 2.05) is 37.3 Å². The first-order chi connectivity index (χ1) is 11.6. The minimum absolute atomic E-state index is 0.102. The SMILES string of the molecule is CCn1cnc(S(=O)(=O)N2CCC(OCc3ccccc3)CC2)c1. The number of sulfonamides is 1. The van der Waals surface area contributed by atoms with Crippen molar-refractivity contribution in [2.24, 2.45) is 0 Å². The highest BCUT2D eigenvalue weighted by atomic mass is 32.2. The second-order valence-corrected chi connectivity index (χ2v) is 7.83. The minimum Gasteiger partial charge on any atom is -0.373 e. The van der Waals surface area contributed by atoms with Crippen molar-refractivity contribution >= 4 is 10.0 Å². The first kappa shape index (κ1) is 17.1. The van der Waals surface area contributed by atoms with E-state index in [0.717, 1.165) is 5.56 Å². The van der Waals surface area contributed by atoms with Crippen molar-refractivity contribution in [2.75, 3.05) is 13.1 Å². The predicted octanol–water partition coefficient (Wildman–Crippen LogP) is 2.27. The molecule has 0 amide bonds. The molecule has 24 heavy (non-hydrogen) atoms. The fourth-order valence-electron chi connectivity index (χ4n) is 2.81. The van der Waals surface area contributed by atoms with E-state index in [1.54, 1.807) is 17.1 Å². The van der Waals surface area contributed by atoms with Gasteiger partial charge in [-0.3, -0.25) is 0 Å². The number of benzene rings is 1. The summed E-state index contributed by atoms with van der Waals surface area (Å²) >= 11 is 0. The molecule has 0 atom stereocenters. The second kappa shape index (κ2) is 7.46. The average molecular weight is 349 g/mol. The average Bonchev–Trinajstić information content (AvgIpc) is 3.11. The van der Waals surface area contributed by atoms with E-state index in [4.69, 9.17) is 4.74 Å². The summed E-state index contributed by atoms with van der Waals surface area (Å²) < 4.78 is 34.4. The van der Waals surface area contributed by atoms with Crippen LogP contribution in [0.2, 0.25) is 0 Å². The lowest BCUT2D eigenvalue weighted by Gasteiger charge is -2.30. The minimum atomic E-state index is -3.50. The van der Waals surface area contributed by atoms with Crippen molar-refractivity contribution in [3.05, 3.63) is 48.4 Å². The van der Waals surface area contributed by atoms with Gasteiger partial charge in [0.25, 0.3) is 10.0 Å². The van der Waals surface area contributed by atoms with E-state index < -0.39 is 10.0 Å². The molecule has 0 radical (unpaired) electrons. The van der Waals surface area contributed by atoms with E-state index in [-0.39, 0.29) is 11.1 Å². The van der Waals surface area contributed by atoms with Gasteiger partial charge in [-0.15, -0.1) is 0 Å². The summed E-state index contributed by atoms with van der Waals surface area (Å²) in [7, 11) is -3.50. The van der Waals surface area contributed by atoms with Gasteiger partial charge in [-0.25, -0.2) is 13.4 Å². The Bertz CT molecular complexity index is 750. The van der Waals surface area contributed by atoms with Gasteiger partial charge in [0.1, 0.15) is 0 Å². The molecular weight excluding hydrogens is 326 g/mol. The van der Waals surface area contributed by atoms with E-state index in [1.165, 1.54) is 4.31 Å². The van der Waals surface area contributed by atoms with Crippen LogP contribution >= 0.6 is 0 Å². The number of aryl methyl sites for hydroxylation is 1. The molecule has 0 N–H and O–H groups in total. The first-order valence-corrected chi connectivity index (χ1v) is 9.71. The maximum absolute atomic E-state index is 12.6. The van der Waals surface area contributed by atoms with Crippen molar-refractivity contribution < 1.29 is 13.2 Å². The van der Waals surface area contributed by atoms with Gasteiger partial charge in [0.2, 0.25) is 0 Å². The number of hydrogen-bond donors (Lipinski definition) is 0. The Kier molecular flexibility index (Phi) is 5.33. The van der Waals surface area contributed by atoms with Crippen LogP contribution in [0.4, 0.5) is 0 Å². The fourth-order valence-corrected chi connectivity index (χ4v) is 4.21. The van der Waals surface area contributed by atoms with Crippen LogP contribution in [0.25, 0.3) is 0 Å². The molecule has 3 rings (SSSR count). The summed E-state index contributed by atoms with van der Waals surface area (Å²) in [6.07, 6.45) is 4.67. The normalized spacial score (nSPS) is 17.2. The third-order valence-corrected chi connectivity index (χ3v) is 6.09. The van der Waals surface area contributed by atoms with Gasteiger partial charge in [0, 0.05) is 25.8 Å². The topological polar surface area (TPSA) is 64.4 Å². The highest BCUT2D eigenvalue weighted by Gasteiger charge is 2.31. The zero-order chi connectivity index (χ0) is 17.0. The number of hydrogen-bond acceptors (Lipinski definition) is 4. The molecular formula is C17H23N3O3S. The smallest absolute Gasteiger partial charge is 0.262 e. The number of aromatic nitrogens is 2. The van der Waals surface area contributed by atoms with Gasteiger partial charge >= 0.3 is 0 Å². The Balaban J connectivity index is 1.54. The van der Waals surface area contributed by atoms with Crippen LogP contribution in [-0.4, -0.2) is 41.5 Å². The molecule has 0 spiro atoms. The van der Waals surface area contributed by atoms with Gasteiger partial charge in [-0.05, 0) is 25.3 Å². The van der Waals surface area contributed by atoms with Crippen LogP contribution in [0.1, 0.15) is 25.3 Å². The Hall–Kier alpha value is -1.70. The second-order valence-electron chi connectivity index (χ2n) is 5.94. The zero-order valence-electron chi connectivity index (χ0n) is 13.8. The molecule has 1 saturated heterocycles. The predicted molar refractivity (Wildman–Crippen MR) is 90.9 cm³/mol. The summed E-state index contributed by atoms with van der Waals surface area (Å²) in [5, 5.41) is 0.132. The monoisotopic (exact) mass is 349 g/mol. The Morgan fingerprint density at radius 1 is 1.21 bits per heavy atom. The summed E-state index contributed by atoms with van der Waals surface area (Å²) in [5.74, 6) is 0. The number of ether oxygens (including phenoxy) is 1. The molecule has 0 unspecified atom stereocenters. The van der Waals surface area contributed by atoms with Crippen LogP contribution < -0.4 is 0 Å². The molecule has 1 aromatic heterocycles. The standard InChI is InChI=1S/C17H23N3O3S/c1-2-19-12-17(18-14-19)24(21,22)20-10-8-16(9-11-20)23-13-15-6-4-3-5-7-15/h3-7,12,14,16H,2,8-11,13H2,1H3. The van der Waals surface area contributed by atoms with Gasteiger partial charge < -0.3 is 9.30 Å². The van der Waals surface area contributed by atoms with Gasteiger partial charge in [0.05, 0.1) is 19.0 Å². The molecule has 2 heterocycles. The maximum Gasteiger partial charge on any atom is 0.262 e. The summed E-state index contributed by atoms with van der Waals surface area (Å²) in [6, 6.07) is 10.0. The molecule has 1 aliphatic heterocycles. The zero-order valence-corrected chi connectivity index (χ0v) is 14.7. The third-order valence-electron chi connectivity index (χ3n) is 4.31.